The number of aromatic nitrogens is 1. The first-order valence-electron chi connectivity index (χ1n) is 18.8. The molecule has 0 N–H and O–H groups in total. The summed E-state index contributed by atoms with van der Waals surface area (Å²) in [6.45, 7) is 0. The molecule has 0 radical (unpaired) electrons. The summed E-state index contributed by atoms with van der Waals surface area (Å²) in [5.74, 6) is 0. The zero-order valence-corrected chi connectivity index (χ0v) is 29.9. The third kappa shape index (κ3) is 5.05. The Hall–Kier alpha value is -7.36. The van der Waals surface area contributed by atoms with Crippen LogP contribution in [0.5, 0.6) is 0 Å². The first kappa shape index (κ1) is 31.2. The number of anilines is 3. The highest BCUT2D eigenvalue weighted by Gasteiger charge is 2.21. The van der Waals surface area contributed by atoms with Gasteiger partial charge in [-0.15, -0.1) is 0 Å². The van der Waals surface area contributed by atoms with Gasteiger partial charge in [0.25, 0.3) is 0 Å². The van der Waals surface area contributed by atoms with Crippen LogP contribution in [-0.4, -0.2) is 4.57 Å². The van der Waals surface area contributed by atoms with Crippen LogP contribution in [0.1, 0.15) is 0 Å². The molecule has 0 fully saturated rings. The van der Waals surface area contributed by atoms with Crippen molar-refractivity contribution in [1.29, 1.82) is 0 Å². The Balaban J connectivity index is 1.13. The number of rotatable bonds is 6. The van der Waals surface area contributed by atoms with E-state index in [0.717, 1.165) is 55.8 Å². The molecule has 2 aromatic heterocycles. The van der Waals surface area contributed by atoms with Crippen LogP contribution in [-0.2, 0) is 0 Å². The molecule has 2 heterocycles. The average Bonchev–Trinajstić information content (AvgIpc) is 3.80. The summed E-state index contributed by atoms with van der Waals surface area (Å²) in [4.78, 5) is 2.40. The monoisotopic (exact) mass is 702 g/mol. The lowest BCUT2D eigenvalue weighted by atomic mass is 9.96. The van der Waals surface area contributed by atoms with Crippen LogP contribution < -0.4 is 4.90 Å². The van der Waals surface area contributed by atoms with Gasteiger partial charge in [-0.25, -0.2) is 0 Å². The molecule has 11 aromatic rings. The molecule has 0 amide bonds. The molecule has 258 valence electrons. The average molecular weight is 703 g/mol. The van der Waals surface area contributed by atoms with E-state index in [0.29, 0.717) is 0 Å². The summed E-state index contributed by atoms with van der Waals surface area (Å²) in [5.41, 5.74) is 13.2. The summed E-state index contributed by atoms with van der Waals surface area (Å²) in [5, 5.41) is 7.21. The molecule has 9 aromatic carbocycles. The predicted octanol–water partition coefficient (Wildman–Crippen LogP) is 14.6. The molecule has 0 aliphatic heterocycles. The summed E-state index contributed by atoms with van der Waals surface area (Å²) in [6.07, 6.45) is 0. The predicted molar refractivity (Wildman–Crippen MR) is 231 cm³/mol. The molecular formula is C52H34N2O. The Morgan fingerprint density at radius 1 is 0.382 bits per heavy atom. The molecular weight excluding hydrogens is 669 g/mol. The van der Waals surface area contributed by atoms with E-state index in [4.69, 9.17) is 4.42 Å². The van der Waals surface area contributed by atoms with Gasteiger partial charge in [-0.05, 0) is 94.2 Å². The van der Waals surface area contributed by atoms with Gasteiger partial charge in [0.1, 0.15) is 11.2 Å². The SMILES string of the molecule is c1cc(-c2cccc3ccccc23)cc(N(c2ccc(-n3c4ccccc4c4ccccc43)cc2)c2ccccc2-c2cccc3oc4ccccc4c23)c1. The molecule has 0 saturated carbocycles. The molecule has 3 heteroatoms. The van der Waals surface area contributed by atoms with Gasteiger partial charge in [-0.1, -0.05) is 140 Å². The maximum atomic E-state index is 6.38. The molecule has 3 nitrogen and oxygen atoms in total. The van der Waals surface area contributed by atoms with Crippen LogP contribution in [0.25, 0.3) is 82.5 Å². The topological polar surface area (TPSA) is 21.3 Å². The Bertz CT molecular complexity index is 3160. The minimum atomic E-state index is 0.883. The fraction of sp³-hybridized carbons (Fsp3) is 0. The number of hydrogen-bond donors (Lipinski definition) is 0. The van der Waals surface area contributed by atoms with Gasteiger partial charge < -0.3 is 13.9 Å². The normalized spacial score (nSPS) is 11.6. The van der Waals surface area contributed by atoms with Crippen molar-refractivity contribution in [3.05, 3.63) is 206 Å². The van der Waals surface area contributed by atoms with Crippen molar-refractivity contribution >= 4 is 71.6 Å². The summed E-state index contributed by atoms with van der Waals surface area (Å²) in [6, 6.07) is 74.0. The molecule has 0 unspecified atom stereocenters. The van der Waals surface area contributed by atoms with Crippen LogP contribution in [0.2, 0.25) is 0 Å². The lowest BCUT2D eigenvalue weighted by Gasteiger charge is -2.29. The van der Waals surface area contributed by atoms with Crippen LogP contribution in [0.4, 0.5) is 17.1 Å². The number of para-hydroxylation sites is 4. The van der Waals surface area contributed by atoms with Crippen LogP contribution in [0.3, 0.4) is 0 Å². The maximum Gasteiger partial charge on any atom is 0.136 e. The van der Waals surface area contributed by atoms with E-state index < -0.39 is 0 Å². The van der Waals surface area contributed by atoms with Crippen molar-refractivity contribution < 1.29 is 4.42 Å². The van der Waals surface area contributed by atoms with Crippen molar-refractivity contribution in [3.63, 3.8) is 0 Å². The van der Waals surface area contributed by atoms with E-state index >= 15 is 0 Å². The van der Waals surface area contributed by atoms with E-state index in [2.05, 4.69) is 210 Å². The second-order valence-electron chi connectivity index (χ2n) is 14.1. The van der Waals surface area contributed by atoms with Gasteiger partial charge in [0.15, 0.2) is 0 Å². The van der Waals surface area contributed by atoms with Crippen molar-refractivity contribution in [3.8, 4) is 27.9 Å². The molecule has 55 heavy (non-hydrogen) atoms. The summed E-state index contributed by atoms with van der Waals surface area (Å²) >= 11 is 0. The molecule has 0 aliphatic rings. The van der Waals surface area contributed by atoms with Gasteiger partial charge in [-0.2, -0.15) is 0 Å². The third-order valence-electron chi connectivity index (χ3n) is 11.0. The van der Waals surface area contributed by atoms with Gasteiger partial charge in [0.2, 0.25) is 0 Å². The van der Waals surface area contributed by atoms with Crippen molar-refractivity contribution in [2.75, 3.05) is 4.90 Å². The van der Waals surface area contributed by atoms with E-state index in [1.165, 1.54) is 43.7 Å². The molecule has 0 bridgehead atoms. The zero-order chi connectivity index (χ0) is 36.3. The number of nitrogens with zero attached hydrogens (tertiary/aromatic N) is 2. The second-order valence-corrected chi connectivity index (χ2v) is 14.1. The maximum absolute atomic E-state index is 6.38. The zero-order valence-electron chi connectivity index (χ0n) is 29.9. The van der Waals surface area contributed by atoms with Gasteiger partial charge in [-0.3, -0.25) is 0 Å². The minimum Gasteiger partial charge on any atom is -0.456 e. The lowest BCUT2D eigenvalue weighted by molar-refractivity contribution is 0.669. The van der Waals surface area contributed by atoms with E-state index in [1.807, 2.05) is 6.07 Å². The van der Waals surface area contributed by atoms with E-state index in [9.17, 15) is 0 Å². The third-order valence-corrected chi connectivity index (χ3v) is 11.0. The first-order valence-corrected chi connectivity index (χ1v) is 18.8. The second kappa shape index (κ2) is 12.6. The molecule has 0 spiro atoms. The molecule has 0 atom stereocenters. The minimum absolute atomic E-state index is 0.883. The largest absolute Gasteiger partial charge is 0.456 e. The number of furan rings is 1. The van der Waals surface area contributed by atoms with Crippen LogP contribution >= 0.6 is 0 Å². The smallest absolute Gasteiger partial charge is 0.136 e. The highest BCUT2D eigenvalue weighted by Crippen LogP contribution is 2.46. The van der Waals surface area contributed by atoms with Gasteiger partial charge in [0, 0.05) is 44.2 Å². The highest BCUT2D eigenvalue weighted by atomic mass is 16.3. The van der Waals surface area contributed by atoms with E-state index in [-0.39, 0.29) is 0 Å². The summed E-state index contributed by atoms with van der Waals surface area (Å²) < 4.78 is 8.75. The summed E-state index contributed by atoms with van der Waals surface area (Å²) in [7, 11) is 0. The Morgan fingerprint density at radius 3 is 1.78 bits per heavy atom. The van der Waals surface area contributed by atoms with Crippen molar-refractivity contribution in [2.24, 2.45) is 0 Å². The number of hydrogen-bond acceptors (Lipinski definition) is 2. The first-order chi connectivity index (χ1) is 27.3. The van der Waals surface area contributed by atoms with Crippen molar-refractivity contribution in [1.82, 2.24) is 4.57 Å². The standard InChI is InChI=1S/C52H34N2O/c1-2-18-40-35(14-1)15-12-23-41(40)36-16-11-17-39(34-36)53(37-30-32-38(33-31-37)54-48-26-8-3-19-42(48)43-20-4-9-27-49(43)54)47-25-7-5-21-44(47)45-24-13-29-51-52(45)46-22-6-10-28-50(46)55-51/h1-34H. The van der Waals surface area contributed by atoms with Crippen LogP contribution in [0.15, 0.2) is 211 Å². The quantitative estimate of drug-likeness (QED) is 0.172. The Kier molecular flexibility index (Phi) is 7.17. The van der Waals surface area contributed by atoms with Crippen molar-refractivity contribution in [2.45, 2.75) is 0 Å². The molecule has 0 saturated heterocycles. The van der Waals surface area contributed by atoms with Crippen LogP contribution in [0, 0.1) is 0 Å². The van der Waals surface area contributed by atoms with Gasteiger partial charge in [0.05, 0.1) is 16.7 Å². The fourth-order valence-electron chi connectivity index (χ4n) is 8.56. The van der Waals surface area contributed by atoms with E-state index in [1.54, 1.807) is 0 Å². The Morgan fingerprint density at radius 2 is 0.964 bits per heavy atom. The fourth-order valence-corrected chi connectivity index (χ4v) is 8.56. The Labute approximate surface area is 318 Å². The number of benzene rings is 9. The van der Waals surface area contributed by atoms with Gasteiger partial charge >= 0.3 is 0 Å². The molecule has 0 aliphatic carbocycles. The highest BCUT2D eigenvalue weighted by molar-refractivity contribution is 6.14. The lowest BCUT2D eigenvalue weighted by Crippen LogP contribution is -2.11. The number of fused-ring (bicyclic) bond motifs is 7. The molecule has 11 rings (SSSR count).